The Labute approximate surface area is 129 Å². The summed E-state index contributed by atoms with van der Waals surface area (Å²) in [5, 5.41) is 9.51. The van der Waals surface area contributed by atoms with Gasteiger partial charge >= 0.3 is 5.97 Å². The summed E-state index contributed by atoms with van der Waals surface area (Å²) in [6.07, 6.45) is 0.545. The highest BCUT2D eigenvalue weighted by atomic mass is 32.2. The number of carbonyl (C=O) groups is 1. The lowest BCUT2D eigenvalue weighted by Crippen LogP contribution is -2.33. The zero-order valence-electron chi connectivity index (χ0n) is 12.1. The fourth-order valence-electron chi connectivity index (χ4n) is 2.58. The first-order valence-electron chi connectivity index (χ1n) is 6.78. The van der Waals surface area contributed by atoms with Gasteiger partial charge in [0.2, 0.25) is 0 Å². The highest BCUT2D eigenvalue weighted by Gasteiger charge is 2.32. The summed E-state index contributed by atoms with van der Waals surface area (Å²) >= 11 is 1.48. The minimum Gasteiger partial charge on any atom is -0.478 e. The average Bonchev–Trinajstić information content (AvgIpc) is 2.78. The maximum Gasteiger partial charge on any atom is 0.338 e. The van der Waals surface area contributed by atoms with Crippen molar-refractivity contribution in [3.05, 3.63) is 23.8 Å². The van der Waals surface area contributed by atoms with Crippen LogP contribution in [0.15, 0.2) is 23.1 Å². The monoisotopic (exact) mass is 329 g/mol. The first-order chi connectivity index (χ1) is 9.85. The highest BCUT2D eigenvalue weighted by molar-refractivity contribution is 7.99. The van der Waals surface area contributed by atoms with E-state index in [2.05, 4.69) is 0 Å². The molecular weight excluding hydrogens is 310 g/mol. The smallest absolute Gasteiger partial charge is 0.338 e. The SMILES string of the molecule is CCSc1cccc(N(C)C2CCS(=O)(=O)C2)c1C(=O)O. The highest BCUT2D eigenvalue weighted by Crippen LogP contribution is 2.32. The molecule has 0 saturated carbocycles. The van der Waals surface area contributed by atoms with Gasteiger partial charge in [-0.1, -0.05) is 13.0 Å². The molecule has 2 rings (SSSR count). The van der Waals surface area contributed by atoms with Crippen molar-refractivity contribution in [2.45, 2.75) is 24.3 Å². The molecular formula is C14H19NO4S2. The van der Waals surface area contributed by atoms with E-state index in [9.17, 15) is 18.3 Å². The molecule has 0 bridgehead atoms. The number of hydrogen-bond donors (Lipinski definition) is 1. The van der Waals surface area contributed by atoms with Crippen LogP contribution in [0.3, 0.4) is 0 Å². The normalized spacial score (nSPS) is 20.4. The molecule has 1 aliphatic rings. The summed E-state index contributed by atoms with van der Waals surface area (Å²) in [5.41, 5.74) is 0.846. The van der Waals surface area contributed by atoms with E-state index in [0.29, 0.717) is 12.1 Å². The van der Waals surface area contributed by atoms with Crippen molar-refractivity contribution >= 4 is 33.3 Å². The minimum atomic E-state index is -3.00. The van der Waals surface area contributed by atoms with Crippen molar-refractivity contribution in [1.82, 2.24) is 0 Å². The first kappa shape index (κ1) is 16.2. The number of hydrogen-bond acceptors (Lipinski definition) is 5. The first-order valence-corrected chi connectivity index (χ1v) is 9.58. The molecule has 1 aromatic rings. The maximum absolute atomic E-state index is 11.6. The van der Waals surface area contributed by atoms with Crippen molar-refractivity contribution in [3.8, 4) is 0 Å². The summed E-state index contributed by atoms with van der Waals surface area (Å²) < 4.78 is 23.2. The Morgan fingerprint density at radius 3 is 2.71 bits per heavy atom. The van der Waals surface area contributed by atoms with Crippen molar-refractivity contribution < 1.29 is 18.3 Å². The van der Waals surface area contributed by atoms with Gasteiger partial charge < -0.3 is 10.0 Å². The van der Waals surface area contributed by atoms with Crippen LogP contribution in [0, 0.1) is 0 Å². The predicted molar refractivity (Wildman–Crippen MR) is 85.3 cm³/mol. The average molecular weight is 329 g/mol. The van der Waals surface area contributed by atoms with E-state index in [1.165, 1.54) is 11.8 Å². The van der Waals surface area contributed by atoms with Gasteiger partial charge in [-0.25, -0.2) is 13.2 Å². The van der Waals surface area contributed by atoms with Crippen LogP contribution in [0.2, 0.25) is 0 Å². The zero-order chi connectivity index (χ0) is 15.6. The Balaban J connectivity index is 2.39. The van der Waals surface area contributed by atoms with Crippen molar-refractivity contribution in [1.29, 1.82) is 0 Å². The van der Waals surface area contributed by atoms with E-state index in [1.807, 2.05) is 13.0 Å². The van der Waals surface area contributed by atoms with E-state index in [0.717, 1.165) is 10.6 Å². The number of nitrogens with zero attached hydrogens (tertiary/aromatic N) is 1. The molecule has 1 heterocycles. The molecule has 1 aliphatic heterocycles. The van der Waals surface area contributed by atoms with Gasteiger partial charge in [0.25, 0.3) is 0 Å². The fourth-order valence-corrected chi connectivity index (χ4v) is 5.18. The van der Waals surface area contributed by atoms with Crippen LogP contribution in [0.4, 0.5) is 5.69 Å². The molecule has 21 heavy (non-hydrogen) atoms. The topological polar surface area (TPSA) is 74.7 Å². The van der Waals surface area contributed by atoms with Gasteiger partial charge in [0.05, 0.1) is 22.8 Å². The van der Waals surface area contributed by atoms with Gasteiger partial charge in [0.15, 0.2) is 9.84 Å². The fraction of sp³-hybridized carbons (Fsp3) is 0.500. The molecule has 1 saturated heterocycles. The molecule has 0 aromatic heterocycles. The third kappa shape index (κ3) is 3.52. The molecule has 1 N–H and O–H groups in total. The van der Waals surface area contributed by atoms with Crippen molar-refractivity contribution in [2.75, 3.05) is 29.2 Å². The number of carboxylic acids is 1. The number of sulfone groups is 1. The van der Waals surface area contributed by atoms with Gasteiger partial charge in [-0.15, -0.1) is 11.8 Å². The van der Waals surface area contributed by atoms with Gasteiger partial charge in [-0.2, -0.15) is 0 Å². The quantitative estimate of drug-likeness (QED) is 0.834. The Bertz CT molecular complexity index is 642. The summed E-state index contributed by atoms with van der Waals surface area (Å²) in [4.78, 5) is 14.1. The van der Waals surface area contributed by atoms with E-state index in [-0.39, 0.29) is 23.1 Å². The maximum atomic E-state index is 11.6. The van der Waals surface area contributed by atoms with Crippen LogP contribution in [0.1, 0.15) is 23.7 Å². The van der Waals surface area contributed by atoms with E-state index in [4.69, 9.17) is 0 Å². The Kier molecular flexibility index (Phi) is 4.83. The van der Waals surface area contributed by atoms with E-state index < -0.39 is 15.8 Å². The van der Waals surface area contributed by atoms with Crippen LogP contribution in [0.5, 0.6) is 0 Å². The summed E-state index contributed by atoms with van der Waals surface area (Å²) in [7, 11) is -1.22. The second kappa shape index (κ2) is 6.27. The number of rotatable bonds is 5. The van der Waals surface area contributed by atoms with Gasteiger partial charge in [-0.3, -0.25) is 0 Å². The molecule has 0 spiro atoms. The van der Waals surface area contributed by atoms with Crippen LogP contribution >= 0.6 is 11.8 Å². The standard InChI is InChI=1S/C14H19NO4S2/c1-3-20-12-6-4-5-11(13(12)14(16)17)15(2)10-7-8-21(18,19)9-10/h4-6,10H,3,7-9H2,1-2H3,(H,16,17). The molecule has 7 heteroatoms. The van der Waals surface area contributed by atoms with Gasteiger partial charge in [0, 0.05) is 18.0 Å². The number of anilines is 1. The molecule has 5 nitrogen and oxygen atoms in total. The minimum absolute atomic E-state index is 0.0910. The number of benzene rings is 1. The van der Waals surface area contributed by atoms with Crippen LogP contribution in [-0.4, -0.2) is 49.8 Å². The summed E-state index contributed by atoms with van der Waals surface area (Å²) in [5.74, 6) is 0.0708. The summed E-state index contributed by atoms with van der Waals surface area (Å²) in [6.45, 7) is 1.97. The zero-order valence-corrected chi connectivity index (χ0v) is 13.7. The molecule has 0 amide bonds. The largest absolute Gasteiger partial charge is 0.478 e. The second-order valence-electron chi connectivity index (χ2n) is 5.06. The molecule has 0 radical (unpaired) electrons. The molecule has 1 atom stereocenters. The van der Waals surface area contributed by atoms with E-state index >= 15 is 0 Å². The van der Waals surface area contributed by atoms with Gasteiger partial charge in [-0.05, 0) is 24.3 Å². The van der Waals surface area contributed by atoms with Crippen molar-refractivity contribution in [3.63, 3.8) is 0 Å². The predicted octanol–water partition coefficient (Wildman–Crippen LogP) is 2.12. The Morgan fingerprint density at radius 2 is 2.19 bits per heavy atom. The van der Waals surface area contributed by atoms with Crippen LogP contribution in [0.25, 0.3) is 0 Å². The molecule has 1 aromatic carbocycles. The number of aromatic carboxylic acids is 1. The van der Waals surface area contributed by atoms with Crippen LogP contribution < -0.4 is 4.90 Å². The van der Waals surface area contributed by atoms with Crippen LogP contribution in [-0.2, 0) is 9.84 Å². The lowest BCUT2D eigenvalue weighted by molar-refractivity contribution is 0.0694. The number of carboxylic acid groups (broad SMARTS) is 1. The molecule has 0 aliphatic carbocycles. The third-order valence-corrected chi connectivity index (χ3v) is 6.34. The lowest BCUT2D eigenvalue weighted by Gasteiger charge is -2.27. The lowest BCUT2D eigenvalue weighted by atomic mass is 10.1. The third-order valence-electron chi connectivity index (χ3n) is 3.65. The number of thioether (sulfide) groups is 1. The van der Waals surface area contributed by atoms with Crippen molar-refractivity contribution in [2.24, 2.45) is 0 Å². The molecule has 116 valence electrons. The molecule has 1 unspecified atom stereocenters. The Morgan fingerprint density at radius 1 is 1.48 bits per heavy atom. The molecule has 1 fully saturated rings. The second-order valence-corrected chi connectivity index (χ2v) is 8.59. The van der Waals surface area contributed by atoms with Gasteiger partial charge in [0.1, 0.15) is 0 Å². The summed E-state index contributed by atoms with van der Waals surface area (Å²) in [6, 6.07) is 5.20. The Hall–Kier alpha value is -1.21. The van der Waals surface area contributed by atoms with E-state index in [1.54, 1.807) is 24.1 Å².